The summed E-state index contributed by atoms with van der Waals surface area (Å²) in [5.41, 5.74) is 0.500. The summed E-state index contributed by atoms with van der Waals surface area (Å²) in [6.07, 6.45) is 2.07. The van der Waals surface area contributed by atoms with E-state index >= 15 is 0 Å². The number of hydrogen-bond acceptors (Lipinski definition) is 6. The van der Waals surface area contributed by atoms with Gasteiger partial charge < -0.3 is 20.1 Å². The van der Waals surface area contributed by atoms with E-state index in [2.05, 4.69) is 28.5 Å². The molecule has 2 aromatic rings. The Morgan fingerprint density at radius 3 is 2.61 bits per heavy atom. The van der Waals surface area contributed by atoms with Crippen LogP contribution in [0.4, 0.5) is 0 Å². The second-order valence-electron chi connectivity index (χ2n) is 7.39. The first-order chi connectivity index (χ1) is 15.2. The molecule has 8 heteroatoms. The number of unbranched alkanes of at least 4 members (excludes halogenated alkanes) is 1. The van der Waals surface area contributed by atoms with E-state index in [-0.39, 0.29) is 24.4 Å². The first kappa shape index (κ1) is 23.2. The molecule has 1 aromatic carbocycles. The molecule has 0 bridgehead atoms. The summed E-state index contributed by atoms with van der Waals surface area (Å²) in [6.45, 7) is 6.30. The van der Waals surface area contributed by atoms with Crippen LogP contribution in [0, 0.1) is 0 Å². The third-order valence-corrected chi connectivity index (χ3v) is 6.12. The van der Waals surface area contributed by atoms with Crippen LogP contribution in [0.5, 0.6) is 5.75 Å². The smallest absolute Gasteiger partial charge is 0.251 e. The molecule has 3 rings (SSSR count). The van der Waals surface area contributed by atoms with Gasteiger partial charge in [-0.2, -0.15) is 0 Å². The van der Waals surface area contributed by atoms with Crippen molar-refractivity contribution in [3.8, 4) is 5.75 Å². The van der Waals surface area contributed by atoms with Gasteiger partial charge in [0.1, 0.15) is 5.75 Å². The van der Waals surface area contributed by atoms with E-state index in [0.717, 1.165) is 31.7 Å². The van der Waals surface area contributed by atoms with Gasteiger partial charge in [-0.05, 0) is 42.1 Å². The van der Waals surface area contributed by atoms with Crippen LogP contribution >= 0.6 is 11.3 Å². The summed E-state index contributed by atoms with van der Waals surface area (Å²) in [7, 11) is 0. The summed E-state index contributed by atoms with van der Waals surface area (Å²) in [4.78, 5) is 28.2. The fourth-order valence-corrected chi connectivity index (χ4v) is 4.21. The Morgan fingerprint density at radius 1 is 1.16 bits per heavy atom. The molecule has 2 heterocycles. The van der Waals surface area contributed by atoms with Crippen LogP contribution in [0.3, 0.4) is 0 Å². The number of morpholine rings is 1. The number of rotatable bonds is 11. The van der Waals surface area contributed by atoms with Crippen molar-refractivity contribution in [3.63, 3.8) is 0 Å². The number of hydrogen-bond donors (Lipinski definition) is 2. The summed E-state index contributed by atoms with van der Waals surface area (Å²) < 4.78 is 11.1. The van der Waals surface area contributed by atoms with Crippen LogP contribution in [0.15, 0.2) is 41.8 Å². The van der Waals surface area contributed by atoms with Crippen LogP contribution in [-0.4, -0.2) is 62.7 Å². The van der Waals surface area contributed by atoms with Gasteiger partial charge in [-0.3, -0.25) is 14.5 Å². The Kier molecular flexibility index (Phi) is 9.33. The molecule has 2 amide bonds. The van der Waals surface area contributed by atoms with Crippen LogP contribution in [0.1, 0.15) is 41.0 Å². The van der Waals surface area contributed by atoms with Gasteiger partial charge in [-0.1, -0.05) is 19.4 Å². The van der Waals surface area contributed by atoms with Crippen LogP contribution in [0.2, 0.25) is 0 Å². The van der Waals surface area contributed by atoms with Crippen LogP contribution < -0.4 is 15.4 Å². The average Bonchev–Trinajstić information content (AvgIpc) is 3.33. The second-order valence-corrected chi connectivity index (χ2v) is 8.37. The Bertz CT molecular complexity index is 805. The number of thiophene rings is 1. The molecule has 1 aromatic heterocycles. The number of carbonyl (C=O) groups is 2. The molecule has 0 saturated carbocycles. The predicted molar refractivity (Wildman–Crippen MR) is 122 cm³/mol. The van der Waals surface area contributed by atoms with Gasteiger partial charge in [-0.15, -0.1) is 11.3 Å². The zero-order chi connectivity index (χ0) is 21.9. The predicted octanol–water partition coefficient (Wildman–Crippen LogP) is 2.85. The largest absolute Gasteiger partial charge is 0.494 e. The standard InChI is InChI=1S/C23H31N3O4S/c1-2-3-12-30-19-8-6-18(7-9-19)23(28)25-17-22(27)24-16-20(21-5-4-15-31-21)26-10-13-29-14-11-26/h4-9,15,20H,2-3,10-14,16-17H2,1H3,(H,24,27)(H,25,28)/t20-/m0/s1. The molecule has 1 aliphatic rings. The molecule has 0 aliphatic carbocycles. The number of ether oxygens (including phenoxy) is 2. The lowest BCUT2D eigenvalue weighted by Crippen LogP contribution is -2.45. The van der Waals surface area contributed by atoms with Crippen molar-refractivity contribution in [2.45, 2.75) is 25.8 Å². The Hall–Kier alpha value is -2.42. The van der Waals surface area contributed by atoms with Crippen molar-refractivity contribution in [1.29, 1.82) is 0 Å². The molecule has 0 radical (unpaired) electrons. The molecular weight excluding hydrogens is 414 g/mol. The van der Waals surface area contributed by atoms with Gasteiger partial charge in [0.05, 0.1) is 32.4 Å². The topological polar surface area (TPSA) is 79.9 Å². The normalized spacial score (nSPS) is 15.3. The Morgan fingerprint density at radius 2 is 1.94 bits per heavy atom. The second kappa shape index (κ2) is 12.4. The van der Waals surface area contributed by atoms with Crippen LogP contribution in [0.25, 0.3) is 0 Å². The third kappa shape index (κ3) is 7.34. The zero-order valence-corrected chi connectivity index (χ0v) is 18.8. The number of amides is 2. The third-order valence-electron chi connectivity index (χ3n) is 5.14. The number of nitrogens with zero attached hydrogens (tertiary/aromatic N) is 1. The minimum Gasteiger partial charge on any atom is -0.494 e. The molecule has 0 unspecified atom stereocenters. The fourth-order valence-electron chi connectivity index (χ4n) is 3.35. The van der Waals surface area contributed by atoms with Crippen molar-refractivity contribution in [3.05, 3.63) is 52.2 Å². The molecule has 1 saturated heterocycles. The minimum atomic E-state index is -0.279. The molecule has 7 nitrogen and oxygen atoms in total. The zero-order valence-electron chi connectivity index (χ0n) is 18.0. The molecular formula is C23H31N3O4S. The van der Waals surface area contributed by atoms with E-state index < -0.39 is 0 Å². The summed E-state index contributed by atoms with van der Waals surface area (Å²) in [5, 5.41) is 7.70. The van der Waals surface area contributed by atoms with E-state index in [9.17, 15) is 9.59 Å². The van der Waals surface area contributed by atoms with E-state index in [0.29, 0.717) is 31.9 Å². The van der Waals surface area contributed by atoms with Gasteiger partial charge >= 0.3 is 0 Å². The molecule has 168 valence electrons. The maximum atomic E-state index is 12.4. The highest BCUT2D eigenvalue weighted by Gasteiger charge is 2.24. The summed E-state index contributed by atoms with van der Waals surface area (Å²) in [6, 6.07) is 11.2. The highest BCUT2D eigenvalue weighted by Crippen LogP contribution is 2.25. The van der Waals surface area contributed by atoms with E-state index in [1.165, 1.54) is 4.88 Å². The molecule has 1 aliphatic heterocycles. The number of nitrogens with one attached hydrogen (secondary N) is 2. The van der Waals surface area contributed by atoms with Crippen LogP contribution in [-0.2, 0) is 9.53 Å². The maximum Gasteiger partial charge on any atom is 0.251 e. The van der Waals surface area contributed by atoms with Gasteiger partial charge in [-0.25, -0.2) is 0 Å². The van der Waals surface area contributed by atoms with Gasteiger partial charge in [0.15, 0.2) is 0 Å². The summed E-state index contributed by atoms with van der Waals surface area (Å²) in [5.74, 6) is 0.256. The molecule has 1 atom stereocenters. The molecule has 1 fully saturated rings. The minimum absolute atomic E-state index is 0.0617. The van der Waals surface area contributed by atoms with E-state index in [1.54, 1.807) is 35.6 Å². The van der Waals surface area contributed by atoms with Crippen molar-refractivity contribution in [2.24, 2.45) is 0 Å². The fraction of sp³-hybridized carbons (Fsp3) is 0.478. The van der Waals surface area contributed by atoms with Crippen molar-refractivity contribution >= 4 is 23.2 Å². The summed E-state index contributed by atoms with van der Waals surface area (Å²) >= 11 is 1.69. The first-order valence-electron chi connectivity index (χ1n) is 10.8. The molecule has 2 N–H and O–H groups in total. The van der Waals surface area contributed by atoms with Crippen molar-refractivity contribution in [2.75, 3.05) is 46.0 Å². The van der Waals surface area contributed by atoms with Gasteiger partial charge in [0, 0.05) is 30.1 Å². The SMILES string of the molecule is CCCCOc1ccc(C(=O)NCC(=O)NC[C@@H](c2cccs2)N2CCOCC2)cc1. The van der Waals surface area contributed by atoms with Crippen molar-refractivity contribution in [1.82, 2.24) is 15.5 Å². The highest BCUT2D eigenvalue weighted by molar-refractivity contribution is 7.10. The quantitative estimate of drug-likeness (QED) is 0.520. The van der Waals surface area contributed by atoms with E-state index in [4.69, 9.17) is 9.47 Å². The molecule has 0 spiro atoms. The van der Waals surface area contributed by atoms with E-state index in [1.807, 2.05) is 11.4 Å². The Labute approximate surface area is 187 Å². The lowest BCUT2D eigenvalue weighted by Gasteiger charge is -2.34. The maximum absolute atomic E-state index is 12.4. The molecule has 31 heavy (non-hydrogen) atoms. The van der Waals surface area contributed by atoms with Gasteiger partial charge in [0.2, 0.25) is 5.91 Å². The average molecular weight is 446 g/mol. The van der Waals surface area contributed by atoms with Crippen molar-refractivity contribution < 1.29 is 19.1 Å². The lowest BCUT2D eigenvalue weighted by atomic mass is 10.2. The highest BCUT2D eigenvalue weighted by atomic mass is 32.1. The first-order valence-corrected chi connectivity index (χ1v) is 11.7. The number of carbonyl (C=O) groups excluding carboxylic acids is 2. The monoisotopic (exact) mass is 445 g/mol. The number of benzene rings is 1. The Balaban J connectivity index is 1.44. The van der Waals surface area contributed by atoms with Gasteiger partial charge in [0.25, 0.3) is 5.91 Å². The lowest BCUT2D eigenvalue weighted by molar-refractivity contribution is -0.120.